The van der Waals surface area contributed by atoms with E-state index in [0.717, 1.165) is 31.7 Å². The van der Waals surface area contributed by atoms with Gasteiger partial charge in [0.25, 0.3) is 5.91 Å². The monoisotopic (exact) mass is 492 g/mol. The minimum Gasteiger partial charge on any atom is -0.452 e. The van der Waals surface area contributed by atoms with Crippen LogP contribution in [0.3, 0.4) is 0 Å². The van der Waals surface area contributed by atoms with Crippen molar-refractivity contribution in [2.75, 3.05) is 31.2 Å². The van der Waals surface area contributed by atoms with Crippen LogP contribution >= 0.6 is 11.6 Å². The molecule has 12 heteroatoms. The first-order chi connectivity index (χ1) is 14.6. The molecule has 2 aliphatic heterocycles. The average molecular weight is 493 g/mol. The van der Waals surface area contributed by atoms with E-state index < -0.39 is 44.4 Å². The summed E-state index contributed by atoms with van der Waals surface area (Å²) >= 11 is 6.12. The van der Waals surface area contributed by atoms with Gasteiger partial charge < -0.3 is 10.1 Å². The van der Waals surface area contributed by atoms with E-state index in [4.69, 9.17) is 16.3 Å². The molecule has 0 radical (unpaired) electrons. The largest absolute Gasteiger partial charge is 0.452 e. The first-order valence-corrected chi connectivity index (χ1v) is 13.7. The van der Waals surface area contributed by atoms with Crippen LogP contribution in [0.2, 0.25) is 5.02 Å². The number of benzene rings is 1. The smallest absolute Gasteiger partial charge is 0.338 e. The van der Waals surface area contributed by atoms with Crippen LogP contribution in [-0.4, -0.2) is 70.3 Å². The number of sulfone groups is 1. The molecule has 1 atom stereocenters. The highest BCUT2D eigenvalue weighted by atomic mass is 35.5. The second-order valence-electron chi connectivity index (χ2n) is 7.71. The maximum absolute atomic E-state index is 13.0. The maximum Gasteiger partial charge on any atom is 0.338 e. The highest BCUT2D eigenvalue weighted by molar-refractivity contribution is 7.91. The maximum atomic E-state index is 13.0. The number of nitrogens with zero attached hydrogens (tertiary/aromatic N) is 1. The van der Waals surface area contributed by atoms with Crippen molar-refractivity contribution >= 4 is 43.3 Å². The van der Waals surface area contributed by atoms with Gasteiger partial charge in [0.2, 0.25) is 10.0 Å². The minimum atomic E-state index is -3.87. The van der Waals surface area contributed by atoms with Gasteiger partial charge in [0.05, 0.1) is 22.1 Å². The molecule has 0 spiro atoms. The lowest BCUT2D eigenvalue weighted by atomic mass is 10.2. The van der Waals surface area contributed by atoms with Crippen molar-refractivity contribution < 1.29 is 31.2 Å². The van der Waals surface area contributed by atoms with Crippen molar-refractivity contribution in [3.63, 3.8) is 0 Å². The summed E-state index contributed by atoms with van der Waals surface area (Å²) in [4.78, 5) is 24.1. The molecule has 2 aliphatic rings. The highest BCUT2D eigenvalue weighted by Gasteiger charge is 2.30. The number of sulfonamides is 1. The molecule has 1 aromatic rings. The van der Waals surface area contributed by atoms with Crippen LogP contribution in [0.25, 0.3) is 0 Å². The Morgan fingerprint density at radius 1 is 1.16 bits per heavy atom. The Hall–Kier alpha value is -1.69. The Labute approximate surface area is 187 Å². The number of hydrogen-bond donors (Lipinski definition) is 1. The van der Waals surface area contributed by atoms with Crippen molar-refractivity contribution in [2.24, 2.45) is 0 Å². The van der Waals surface area contributed by atoms with Crippen molar-refractivity contribution in [1.82, 2.24) is 9.62 Å². The number of ether oxygens (including phenoxy) is 1. The van der Waals surface area contributed by atoms with Crippen LogP contribution in [-0.2, 0) is 29.4 Å². The van der Waals surface area contributed by atoms with Gasteiger partial charge in [-0.15, -0.1) is 0 Å². The van der Waals surface area contributed by atoms with Gasteiger partial charge in [0.1, 0.15) is 4.90 Å². The molecular weight excluding hydrogens is 468 g/mol. The molecule has 2 heterocycles. The topological polar surface area (TPSA) is 127 Å². The van der Waals surface area contributed by atoms with Crippen molar-refractivity contribution in [3.05, 3.63) is 28.8 Å². The van der Waals surface area contributed by atoms with E-state index in [1.54, 1.807) is 0 Å². The molecular formula is C19H25ClN2O7S2. The quantitative estimate of drug-likeness (QED) is 0.594. The van der Waals surface area contributed by atoms with Crippen LogP contribution in [0.5, 0.6) is 0 Å². The number of hydrogen-bond acceptors (Lipinski definition) is 7. The number of carbonyl (C=O) groups excluding carboxylic acids is 2. The average Bonchev–Trinajstić information content (AvgIpc) is 2.90. The van der Waals surface area contributed by atoms with Crippen LogP contribution in [0.15, 0.2) is 23.1 Å². The summed E-state index contributed by atoms with van der Waals surface area (Å²) in [7, 11) is -7.02. The summed E-state index contributed by atoms with van der Waals surface area (Å²) in [6.45, 7) is 0.182. The summed E-state index contributed by atoms with van der Waals surface area (Å²) in [6, 6.07) is 3.30. The summed E-state index contributed by atoms with van der Waals surface area (Å²) in [6.07, 6.45) is 3.75. The number of rotatable bonds is 6. The van der Waals surface area contributed by atoms with Gasteiger partial charge in [0.15, 0.2) is 16.4 Å². The molecule has 1 amide bonds. The van der Waals surface area contributed by atoms with Crippen molar-refractivity contribution in [1.29, 1.82) is 0 Å². The van der Waals surface area contributed by atoms with Crippen molar-refractivity contribution in [2.45, 2.75) is 43.0 Å². The Balaban J connectivity index is 1.65. The fourth-order valence-corrected chi connectivity index (χ4v) is 7.33. The summed E-state index contributed by atoms with van der Waals surface area (Å²) in [5, 5.41) is 2.52. The molecule has 3 rings (SSSR count). The third-order valence-corrected chi connectivity index (χ3v) is 9.43. The number of esters is 1. The van der Waals surface area contributed by atoms with E-state index in [0.29, 0.717) is 19.5 Å². The molecule has 1 aromatic carbocycles. The van der Waals surface area contributed by atoms with Gasteiger partial charge in [-0.1, -0.05) is 24.4 Å². The molecule has 0 bridgehead atoms. The predicted molar refractivity (Wildman–Crippen MR) is 114 cm³/mol. The molecule has 2 saturated heterocycles. The number of amides is 1. The normalized spacial score (nSPS) is 21.9. The van der Waals surface area contributed by atoms with E-state index in [2.05, 4.69) is 5.32 Å². The molecule has 1 N–H and O–H groups in total. The number of carbonyl (C=O) groups is 2. The fourth-order valence-electron chi connectivity index (χ4n) is 3.64. The lowest BCUT2D eigenvalue weighted by molar-refractivity contribution is -0.124. The minimum absolute atomic E-state index is 0.000910. The Bertz CT molecular complexity index is 1050. The molecule has 1 unspecified atom stereocenters. The highest BCUT2D eigenvalue weighted by Crippen LogP contribution is 2.28. The Morgan fingerprint density at radius 2 is 1.84 bits per heavy atom. The van der Waals surface area contributed by atoms with Gasteiger partial charge in [-0.2, -0.15) is 4.31 Å². The molecule has 172 valence electrons. The fraction of sp³-hybridized carbons (Fsp3) is 0.579. The SMILES string of the molecule is O=C(COC(=O)c1ccc(Cl)c(S(=O)(=O)N2CCCCCC2)c1)NC1CCS(=O)(=O)C1. The van der Waals surface area contributed by atoms with Crippen LogP contribution in [0.1, 0.15) is 42.5 Å². The number of halogens is 1. The van der Waals surface area contributed by atoms with Crippen LogP contribution < -0.4 is 5.32 Å². The van der Waals surface area contributed by atoms with Gasteiger partial charge >= 0.3 is 5.97 Å². The first-order valence-electron chi connectivity index (χ1n) is 10.0. The molecule has 0 aromatic heterocycles. The third-order valence-electron chi connectivity index (χ3n) is 5.28. The summed E-state index contributed by atoms with van der Waals surface area (Å²) in [5.74, 6) is -1.63. The lowest BCUT2D eigenvalue weighted by Crippen LogP contribution is -2.38. The van der Waals surface area contributed by atoms with E-state index in [1.165, 1.54) is 16.4 Å². The zero-order valence-electron chi connectivity index (χ0n) is 16.9. The molecule has 9 nitrogen and oxygen atoms in total. The number of nitrogens with one attached hydrogen (secondary N) is 1. The molecule has 0 saturated carbocycles. The van der Waals surface area contributed by atoms with E-state index in [1.807, 2.05) is 0 Å². The van der Waals surface area contributed by atoms with Crippen molar-refractivity contribution in [3.8, 4) is 0 Å². The van der Waals surface area contributed by atoms with Crippen LogP contribution in [0, 0.1) is 0 Å². The van der Waals surface area contributed by atoms with Gasteiger partial charge in [-0.3, -0.25) is 4.79 Å². The first kappa shape index (κ1) is 24.0. The van der Waals surface area contributed by atoms with E-state index in [9.17, 15) is 26.4 Å². The summed E-state index contributed by atoms with van der Waals surface area (Å²) in [5.41, 5.74) is -0.0472. The Morgan fingerprint density at radius 3 is 2.45 bits per heavy atom. The second-order valence-corrected chi connectivity index (χ2v) is 12.2. The Kier molecular flexibility index (Phi) is 7.61. The third kappa shape index (κ3) is 6.18. The molecule has 2 fully saturated rings. The van der Waals surface area contributed by atoms with Gasteiger partial charge in [0, 0.05) is 19.1 Å². The van der Waals surface area contributed by atoms with Crippen LogP contribution in [0.4, 0.5) is 0 Å². The van der Waals surface area contributed by atoms with E-state index in [-0.39, 0.29) is 27.0 Å². The zero-order chi connectivity index (χ0) is 22.6. The van der Waals surface area contributed by atoms with Gasteiger partial charge in [-0.25, -0.2) is 21.6 Å². The molecule has 31 heavy (non-hydrogen) atoms. The standard InChI is InChI=1S/C19H25ClN2O7S2/c20-16-6-5-14(11-17(16)31(27,28)22-8-3-1-2-4-9-22)19(24)29-12-18(23)21-15-7-10-30(25,26)13-15/h5-6,11,15H,1-4,7-10,12-13H2,(H,21,23). The second kappa shape index (κ2) is 9.85. The predicted octanol–water partition coefficient (Wildman–Crippen LogP) is 1.36. The zero-order valence-corrected chi connectivity index (χ0v) is 19.3. The summed E-state index contributed by atoms with van der Waals surface area (Å²) < 4.78 is 55.3. The lowest BCUT2D eigenvalue weighted by Gasteiger charge is -2.21. The molecule has 0 aliphatic carbocycles. The van der Waals surface area contributed by atoms with E-state index >= 15 is 0 Å². The van der Waals surface area contributed by atoms with Gasteiger partial charge in [-0.05, 0) is 37.5 Å².